The fourth-order valence-corrected chi connectivity index (χ4v) is 6.17. The number of carbonyl (C=O) groups excluding carboxylic acids is 3. The molecule has 0 unspecified atom stereocenters. The number of rotatable bonds is 7. The number of para-hydroxylation sites is 2. The molecule has 43 heavy (non-hydrogen) atoms. The van der Waals surface area contributed by atoms with Crippen LogP contribution < -0.4 is 10.2 Å². The number of hydrogen-bond acceptors (Lipinski definition) is 5. The molecule has 1 saturated heterocycles. The van der Waals surface area contributed by atoms with Gasteiger partial charge >= 0.3 is 12.0 Å². The average molecular weight is 581 g/mol. The van der Waals surface area contributed by atoms with Crippen LogP contribution in [0.4, 0.5) is 10.5 Å². The van der Waals surface area contributed by atoms with E-state index >= 15 is 0 Å². The third kappa shape index (κ3) is 4.64. The van der Waals surface area contributed by atoms with Crippen LogP contribution in [0.3, 0.4) is 0 Å². The minimum absolute atomic E-state index is 0.0431. The fraction of sp³-hybridized carbons (Fsp3) is 0.273. The van der Waals surface area contributed by atoms with Crippen LogP contribution >= 0.6 is 0 Å². The van der Waals surface area contributed by atoms with Crippen LogP contribution in [0, 0.1) is 0 Å². The lowest BCUT2D eigenvalue weighted by molar-refractivity contribution is -0.141. The molecule has 3 aromatic carbocycles. The number of aromatic nitrogens is 1. The number of aliphatic carboxylic acids is 1. The van der Waals surface area contributed by atoms with Gasteiger partial charge in [0.25, 0.3) is 11.8 Å². The van der Waals surface area contributed by atoms with E-state index in [0.717, 1.165) is 38.2 Å². The number of H-pyrrole nitrogens is 1. The summed E-state index contributed by atoms with van der Waals surface area (Å²) in [5.74, 6) is -2.40. The highest BCUT2D eigenvalue weighted by molar-refractivity contribution is 6.24. The third-order valence-electron chi connectivity index (χ3n) is 8.39. The number of carbonyl (C=O) groups is 4. The molecule has 4 N–H and O–H groups in total. The molecule has 0 radical (unpaired) electrons. The highest BCUT2D eigenvalue weighted by Gasteiger charge is 2.53. The Hall–Kier alpha value is -4.96. The maximum atomic E-state index is 14.3. The van der Waals surface area contributed by atoms with Crippen molar-refractivity contribution in [2.24, 2.45) is 0 Å². The normalized spacial score (nSPS) is 19.4. The number of anilines is 1. The maximum Gasteiger partial charge on any atom is 0.332 e. The Balaban J connectivity index is 1.44. The Morgan fingerprint density at radius 3 is 2.30 bits per heavy atom. The minimum Gasteiger partial charge on any atom is -0.480 e. The van der Waals surface area contributed by atoms with Crippen LogP contribution in [0.2, 0.25) is 0 Å². The van der Waals surface area contributed by atoms with E-state index in [9.17, 15) is 29.4 Å². The first-order chi connectivity index (χ1) is 20.6. The number of aliphatic hydroxyl groups excluding tert-OH is 1. The standard InChI is InChI=1S/C33H32N4O6/c1-17(2)19-12-14-20(15-13-19)29-28-23(21-8-4-6-10-24(21)34-28)16-26-31(40)37(33(43)36(26)29)25-11-7-5-9-22(25)30(39)35-27(18(3)38)32(41)42/h4-15,17-18,26-27,29,34,38H,16H2,1-3H3,(H,35,39)(H,41,42)/t18-,26-,27-,29+/m0/s1. The second-order valence-electron chi connectivity index (χ2n) is 11.4. The van der Waals surface area contributed by atoms with Gasteiger partial charge in [0.05, 0.1) is 17.4 Å². The molecule has 6 rings (SSSR count). The molecular formula is C33H32N4O6. The van der Waals surface area contributed by atoms with Gasteiger partial charge in [-0.2, -0.15) is 0 Å². The van der Waals surface area contributed by atoms with Crippen LogP contribution in [0.5, 0.6) is 0 Å². The molecule has 4 atom stereocenters. The van der Waals surface area contributed by atoms with Crippen LogP contribution in [0.15, 0.2) is 72.8 Å². The number of nitrogens with one attached hydrogen (secondary N) is 2. The first kappa shape index (κ1) is 28.2. The summed E-state index contributed by atoms with van der Waals surface area (Å²) >= 11 is 0. The van der Waals surface area contributed by atoms with E-state index in [1.54, 1.807) is 17.0 Å². The first-order valence-corrected chi connectivity index (χ1v) is 14.2. The van der Waals surface area contributed by atoms with Crippen LogP contribution in [0.25, 0.3) is 10.9 Å². The number of fused-ring (bicyclic) bond motifs is 4. The zero-order chi connectivity index (χ0) is 30.6. The number of nitrogens with zero attached hydrogens (tertiary/aromatic N) is 2. The summed E-state index contributed by atoms with van der Waals surface area (Å²) in [6.45, 7) is 5.47. The quantitative estimate of drug-likeness (QED) is 0.240. The van der Waals surface area contributed by atoms with Crippen molar-refractivity contribution in [1.82, 2.24) is 15.2 Å². The number of hydrogen-bond donors (Lipinski definition) is 4. The Kier molecular flexibility index (Phi) is 7.01. The van der Waals surface area contributed by atoms with Gasteiger partial charge in [0.15, 0.2) is 6.04 Å². The summed E-state index contributed by atoms with van der Waals surface area (Å²) < 4.78 is 0. The predicted octanol–water partition coefficient (Wildman–Crippen LogP) is 4.34. The van der Waals surface area contributed by atoms with E-state index in [-0.39, 0.29) is 11.3 Å². The molecule has 4 aromatic rings. The number of benzene rings is 3. The van der Waals surface area contributed by atoms with Gasteiger partial charge in [0, 0.05) is 23.0 Å². The van der Waals surface area contributed by atoms with E-state index in [2.05, 4.69) is 24.1 Å². The van der Waals surface area contributed by atoms with Gasteiger partial charge in [-0.3, -0.25) is 14.5 Å². The van der Waals surface area contributed by atoms with Crippen LogP contribution in [-0.2, 0) is 16.0 Å². The van der Waals surface area contributed by atoms with Gasteiger partial charge in [-0.1, -0.05) is 68.4 Å². The van der Waals surface area contributed by atoms with Crippen molar-refractivity contribution < 1.29 is 29.4 Å². The van der Waals surface area contributed by atoms with E-state index in [1.807, 2.05) is 48.5 Å². The molecule has 0 aliphatic carbocycles. The SMILES string of the molecule is CC(C)c1ccc([C@@H]2c3[nH]c4ccccc4c3C[C@H]3C(=O)N(c4ccccc4C(=O)N[C@H](C(=O)O)[C@H](C)O)C(=O)N23)cc1. The van der Waals surface area contributed by atoms with Crippen molar-refractivity contribution in [3.63, 3.8) is 0 Å². The van der Waals surface area contributed by atoms with Crippen molar-refractivity contribution in [3.8, 4) is 0 Å². The van der Waals surface area contributed by atoms with Crippen molar-refractivity contribution in [1.29, 1.82) is 0 Å². The van der Waals surface area contributed by atoms with Crippen LogP contribution in [-0.4, -0.2) is 62.1 Å². The smallest absolute Gasteiger partial charge is 0.332 e. The number of aromatic amines is 1. The van der Waals surface area contributed by atoms with E-state index in [4.69, 9.17) is 0 Å². The fourth-order valence-electron chi connectivity index (χ4n) is 6.17. The Morgan fingerprint density at radius 1 is 0.953 bits per heavy atom. The largest absolute Gasteiger partial charge is 0.480 e. The summed E-state index contributed by atoms with van der Waals surface area (Å²) in [5.41, 5.74) is 4.70. The predicted molar refractivity (Wildman–Crippen MR) is 160 cm³/mol. The first-order valence-electron chi connectivity index (χ1n) is 14.2. The maximum absolute atomic E-state index is 14.3. The number of imide groups is 1. The van der Waals surface area contributed by atoms with E-state index < -0.39 is 48.0 Å². The molecule has 3 heterocycles. The van der Waals surface area contributed by atoms with Gasteiger partial charge in [-0.05, 0) is 47.7 Å². The molecule has 0 bridgehead atoms. The van der Waals surface area contributed by atoms with E-state index in [0.29, 0.717) is 12.3 Å². The van der Waals surface area contributed by atoms with Crippen molar-refractivity contribution >= 4 is 40.4 Å². The van der Waals surface area contributed by atoms with Gasteiger partial charge in [0.2, 0.25) is 0 Å². The zero-order valence-corrected chi connectivity index (χ0v) is 23.9. The molecule has 220 valence electrons. The summed E-state index contributed by atoms with van der Waals surface area (Å²) in [6, 6.07) is 18.4. The third-order valence-corrected chi connectivity index (χ3v) is 8.39. The number of carboxylic acids is 1. The number of carboxylic acid groups (broad SMARTS) is 1. The molecule has 2 aliphatic heterocycles. The number of aliphatic hydroxyl groups is 1. The lowest BCUT2D eigenvalue weighted by Gasteiger charge is -2.36. The van der Waals surface area contributed by atoms with Gasteiger partial charge in [-0.25, -0.2) is 14.5 Å². The molecule has 1 aromatic heterocycles. The lowest BCUT2D eigenvalue weighted by Crippen LogP contribution is -2.48. The average Bonchev–Trinajstić information content (AvgIpc) is 3.48. The zero-order valence-electron chi connectivity index (χ0n) is 23.9. The Morgan fingerprint density at radius 2 is 1.63 bits per heavy atom. The summed E-state index contributed by atoms with van der Waals surface area (Å²) in [5, 5.41) is 22.6. The van der Waals surface area contributed by atoms with Gasteiger partial charge in [0.1, 0.15) is 12.1 Å². The Bertz CT molecular complexity index is 1760. The van der Waals surface area contributed by atoms with E-state index in [1.165, 1.54) is 19.1 Å². The summed E-state index contributed by atoms with van der Waals surface area (Å²) in [7, 11) is 0. The number of amides is 4. The second-order valence-corrected chi connectivity index (χ2v) is 11.4. The highest BCUT2D eigenvalue weighted by atomic mass is 16.4. The molecule has 0 spiro atoms. The summed E-state index contributed by atoms with van der Waals surface area (Å²) in [4.78, 5) is 59.4. The summed E-state index contributed by atoms with van der Waals surface area (Å²) in [6.07, 6.45) is -1.08. The van der Waals surface area contributed by atoms with Gasteiger partial charge < -0.3 is 20.5 Å². The monoisotopic (exact) mass is 580 g/mol. The molecular weight excluding hydrogens is 548 g/mol. The second kappa shape index (κ2) is 10.7. The number of urea groups is 1. The molecule has 1 fully saturated rings. The van der Waals surface area contributed by atoms with Crippen molar-refractivity contribution in [2.75, 3.05) is 4.90 Å². The van der Waals surface area contributed by atoms with Gasteiger partial charge in [-0.15, -0.1) is 0 Å². The molecule has 10 nitrogen and oxygen atoms in total. The van der Waals surface area contributed by atoms with Crippen molar-refractivity contribution in [2.45, 2.75) is 57.3 Å². The Labute approximate surface area is 247 Å². The minimum atomic E-state index is -1.58. The lowest BCUT2D eigenvalue weighted by atomic mass is 9.88. The van der Waals surface area contributed by atoms with Crippen LogP contribution in [0.1, 0.15) is 65.5 Å². The highest BCUT2D eigenvalue weighted by Crippen LogP contribution is 2.45. The molecule has 2 aliphatic rings. The molecule has 10 heteroatoms. The molecule has 0 saturated carbocycles. The molecule has 4 amide bonds. The van der Waals surface area contributed by atoms with Crippen molar-refractivity contribution in [3.05, 3.63) is 101 Å². The topological polar surface area (TPSA) is 143 Å².